The molecule has 0 saturated heterocycles. The van der Waals surface area contributed by atoms with Gasteiger partial charge in [0.2, 0.25) is 0 Å². The molecule has 2 aromatic carbocycles. The summed E-state index contributed by atoms with van der Waals surface area (Å²) in [6.07, 6.45) is -2.98. The molecule has 1 aliphatic carbocycles. The Balaban J connectivity index is 1.34. The van der Waals surface area contributed by atoms with E-state index in [0.29, 0.717) is 25.1 Å². The highest BCUT2D eigenvalue weighted by molar-refractivity contribution is 5.94. The third-order valence-electron chi connectivity index (χ3n) is 7.10. The molecule has 0 fully saturated rings. The summed E-state index contributed by atoms with van der Waals surface area (Å²) in [6, 6.07) is 14.3. The van der Waals surface area contributed by atoms with Gasteiger partial charge in [-0.05, 0) is 46.4 Å². The van der Waals surface area contributed by atoms with Crippen LogP contribution in [0, 0.1) is 5.92 Å². The summed E-state index contributed by atoms with van der Waals surface area (Å²) in [6.45, 7) is 5.19. The highest BCUT2D eigenvalue weighted by atomic mass is 19.4. The number of benzene rings is 2. The number of nitrogens with one attached hydrogen (secondary N) is 1. The lowest BCUT2D eigenvalue weighted by Gasteiger charge is -2.27. The average Bonchev–Trinajstić information content (AvgIpc) is 3.35. The molecule has 36 heavy (non-hydrogen) atoms. The van der Waals surface area contributed by atoms with Crippen LogP contribution in [0.1, 0.15) is 69.8 Å². The molecule has 0 bridgehead atoms. The molecule has 8 heteroatoms. The number of nitrogens with zero attached hydrogens (tertiary/aromatic N) is 2. The minimum atomic E-state index is -4.36. The van der Waals surface area contributed by atoms with Crippen LogP contribution in [-0.2, 0) is 25.7 Å². The summed E-state index contributed by atoms with van der Waals surface area (Å²) in [5.74, 6) is -0.0775. The fourth-order valence-corrected chi connectivity index (χ4v) is 5.43. The van der Waals surface area contributed by atoms with Gasteiger partial charge in [0.1, 0.15) is 0 Å². The molecule has 0 radical (unpaired) electrons. The molecule has 2 aliphatic rings. The maximum atomic E-state index is 13.1. The molecular weight excluding hydrogens is 467 g/mol. The van der Waals surface area contributed by atoms with E-state index in [2.05, 4.69) is 29.0 Å². The van der Waals surface area contributed by atoms with Gasteiger partial charge in [-0.3, -0.25) is 14.7 Å². The Morgan fingerprint density at radius 3 is 2.56 bits per heavy atom. The normalized spacial score (nSPS) is 21.5. The highest BCUT2D eigenvalue weighted by Gasteiger charge is 2.36. The predicted molar refractivity (Wildman–Crippen MR) is 129 cm³/mol. The van der Waals surface area contributed by atoms with Crippen molar-refractivity contribution in [2.75, 3.05) is 0 Å². The van der Waals surface area contributed by atoms with Gasteiger partial charge in [-0.2, -0.15) is 13.2 Å². The number of aliphatic hydroxyl groups is 1. The van der Waals surface area contributed by atoms with Crippen LogP contribution in [0.4, 0.5) is 13.2 Å². The Bertz CT molecular complexity index is 1270. The number of aliphatic hydroxyl groups excluding tert-OH is 1. The summed E-state index contributed by atoms with van der Waals surface area (Å²) >= 11 is 0. The van der Waals surface area contributed by atoms with E-state index >= 15 is 0 Å². The summed E-state index contributed by atoms with van der Waals surface area (Å²) in [4.78, 5) is 19.9. The quantitative estimate of drug-likeness (QED) is 0.511. The van der Waals surface area contributed by atoms with Crippen molar-refractivity contribution < 1.29 is 23.1 Å². The molecule has 3 atom stereocenters. The van der Waals surface area contributed by atoms with Gasteiger partial charge < -0.3 is 10.4 Å². The minimum Gasteiger partial charge on any atom is -0.390 e. The maximum absolute atomic E-state index is 13.1. The van der Waals surface area contributed by atoms with Crippen LogP contribution < -0.4 is 5.32 Å². The fourth-order valence-electron chi connectivity index (χ4n) is 5.43. The maximum Gasteiger partial charge on any atom is 0.416 e. The molecule has 0 saturated carbocycles. The van der Waals surface area contributed by atoms with Gasteiger partial charge in [-0.1, -0.05) is 50.2 Å². The second kappa shape index (κ2) is 9.33. The van der Waals surface area contributed by atoms with E-state index in [-0.39, 0.29) is 17.9 Å². The van der Waals surface area contributed by atoms with Crippen molar-refractivity contribution in [3.8, 4) is 0 Å². The van der Waals surface area contributed by atoms with E-state index < -0.39 is 23.9 Å². The van der Waals surface area contributed by atoms with Crippen molar-refractivity contribution in [3.63, 3.8) is 0 Å². The Labute approximate surface area is 208 Å². The highest BCUT2D eigenvalue weighted by Crippen LogP contribution is 2.39. The van der Waals surface area contributed by atoms with Crippen LogP contribution in [0.2, 0.25) is 0 Å². The Morgan fingerprint density at radius 2 is 1.86 bits per heavy atom. The van der Waals surface area contributed by atoms with E-state index in [4.69, 9.17) is 0 Å². The average molecular weight is 496 g/mol. The molecule has 3 aromatic rings. The number of carbonyl (C=O) groups excluding carboxylic acids is 1. The van der Waals surface area contributed by atoms with Crippen LogP contribution in [0.25, 0.3) is 0 Å². The number of rotatable bonds is 5. The number of fused-ring (bicyclic) bond motifs is 2. The largest absolute Gasteiger partial charge is 0.416 e. The van der Waals surface area contributed by atoms with Gasteiger partial charge in [0.05, 0.1) is 35.0 Å². The number of pyridine rings is 1. The zero-order valence-corrected chi connectivity index (χ0v) is 20.1. The number of halogens is 3. The molecule has 2 heterocycles. The fraction of sp³-hybridized carbons (Fsp3) is 0.357. The summed E-state index contributed by atoms with van der Waals surface area (Å²) in [5.41, 5.74) is 4.32. The van der Waals surface area contributed by atoms with Gasteiger partial charge >= 0.3 is 6.18 Å². The topological polar surface area (TPSA) is 65.5 Å². The Kier molecular flexibility index (Phi) is 6.34. The van der Waals surface area contributed by atoms with Crippen molar-refractivity contribution in [3.05, 3.63) is 99.9 Å². The zero-order valence-electron chi connectivity index (χ0n) is 20.1. The second-order valence-electron chi connectivity index (χ2n) is 9.98. The SMILES string of the molecule is CC(C)[C@H]1c2ncc(C(=O)N[C@@H]3c4ccccc4C[C@H]3O)cc2CN1Cc1ccc(C(F)(F)F)cc1. The summed E-state index contributed by atoms with van der Waals surface area (Å²) < 4.78 is 38.8. The van der Waals surface area contributed by atoms with Crippen molar-refractivity contribution in [2.24, 2.45) is 5.92 Å². The number of hydrogen-bond donors (Lipinski definition) is 2. The second-order valence-corrected chi connectivity index (χ2v) is 9.98. The van der Waals surface area contributed by atoms with Gasteiger partial charge in [0.25, 0.3) is 5.91 Å². The van der Waals surface area contributed by atoms with E-state index in [0.717, 1.165) is 40.1 Å². The van der Waals surface area contributed by atoms with Crippen LogP contribution >= 0.6 is 0 Å². The molecule has 1 aromatic heterocycles. The molecular formula is C28H28F3N3O2. The lowest BCUT2D eigenvalue weighted by atomic mass is 9.99. The van der Waals surface area contributed by atoms with Gasteiger partial charge in [0, 0.05) is 25.7 Å². The molecule has 5 rings (SSSR count). The van der Waals surface area contributed by atoms with Crippen LogP contribution in [0.3, 0.4) is 0 Å². The molecule has 2 N–H and O–H groups in total. The predicted octanol–water partition coefficient (Wildman–Crippen LogP) is 5.20. The first-order valence-electron chi connectivity index (χ1n) is 12.1. The number of hydrogen-bond acceptors (Lipinski definition) is 4. The van der Waals surface area contributed by atoms with E-state index in [9.17, 15) is 23.1 Å². The number of alkyl halides is 3. The summed E-state index contributed by atoms with van der Waals surface area (Å²) in [7, 11) is 0. The molecule has 1 amide bonds. The standard InChI is InChI=1S/C28H28F3N3O2/c1-16(2)26-24-20(15-34(26)14-17-7-9-21(10-8-17)28(29,30)31)11-19(13-32-24)27(36)33-25-22-6-4-3-5-18(22)12-23(25)35/h3-11,13,16,23,25-26,35H,12,14-15H2,1-2H3,(H,33,36)/t23-,25-,26+/m1/s1. The first kappa shape index (κ1) is 24.5. The lowest BCUT2D eigenvalue weighted by molar-refractivity contribution is -0.137. The molecule has 1 aliphatic heterocycles. The monoisotopic (exact) mass is 495 g/mol. The van der Waals surface area contributed by atoms with Crippen LogP contribution in [0.5, 0.6) is 0 Å². The van der Waals surface area contributed by atoms with Crippen molar-refractivity contribution in [1.82, 2.24) is 15.2 Å². The van der Waals surface area contributed by atoms with Gasteiger partial charge in [-0.15, -0.1) is 0 Å². The minimum absolute atomic E-state index is 0.0112. The van der Waals surface area contributed by atoms with Gasteiger partial charge in [0.15, 0.2) is 0 Å². The third kappa shape index (κ3) is 4.63. The van der Waals surface area contributed by atoms with Gasteiger partial charge in [-0.25, -0.2) is 0 Å². The van der Waals surface area contributed by atoms with E-state index in [1.807, 2.05) is 30.3 Å². The van der Waals surface area contributed by atoms with Crippen molar-refractivity contribution in [2.45, 2.75) is 57.7 Å². The molecule has 188 valence electrons. The number of amides is 1. The van der Waals surface area contributed by atoms with Crippen molar-refractivity contribution in [1.29, 1.82) is 0 Å². The summed E-state index contributed by atoms with van der Waals surface area (Å²) in [5, 5.41) is 13.5. The number of aromatic nitrogens is 1. The Morgan fingerprint density at radius 1 is 1.14 bits per heavy atom. The third-order valence-corrected chi connectivity index (χ3v) is 7.10. The molecule has 0 unspecified atom stereocenters. The van der Waals surface area contributed by atoms with Crippen LogP contribution in [-0.4, -0.2) is 27.0 Å². The Hall–Kier alpha value is -3.23. The zero-order chi connectivity index (χ0) is 25.6. The lowest BCUT2D eigenvalue weighted by Crippen LogP contribution is -2.34. The smallest absolute Gasteiger partial charge is 0.390 e. The van der Waals surface area contributed by atoms with E-state index in [1.165, 1.54) is 12.1 Å². The van der Waals surface area contributed by atoms with Crippen molar-refractivity contribution >= 4 is 5.91 Å². The molecule has 0 spiro atoms. The number of carbonyl (C=O) groups is 1. The molecule has 5 nitrogen and oxygen atoms in total. The van der Waals surface area contributed by atoms with E-state index in [1.54, 1.807) is 6.20 Å². The van der Waals surface area contributed by atoms with Crippen LogP contribution in [0.15, 0.2) is 60.8 Å². The first-order valence-corrected chi connectivity index (χ1v) is 12.1. The first-order chi connectivity index (χ1) is 17.1.